The van der Waals surface area contributed by atoms with Crippen molar-refractivity contribution in [3.05, 3.63) is 24.0 Å². The summed E-state index contributed by atoms with van der Waals surface area (Å²) in [5.41, 5.74) is 0.405. The number of anilines is 1. The molecule has 21 heavy (non-hydrogen) atoms. The van der Waals surface area contributed by atoms with E-state index in [0.29, 0.717) is 31.6 Å². The molecule has 0 radical (unpaired) electrons. The minimum Gasteiger partial charge on any atom is -0.492 e. The van der Waals surface area contributed by atoms with E-state index in [1.807, 2.05) is 0 Å². The number of carbonyl (C=O) groups excluding carboxylic acids is 1. The molecule has 2 N–H and O–H groups in total. The average Bonchev–Trinajstić information content (AvgIpc) is 2.92. The van der Waals surface area contributed by atoms with Gasteiger partial charge in [-0.2, -0.15) is 0 Å². The highest BCUT2D eigenvalue weighted by Crippen LogP contribution is 2.33. The molecule has 114 valence electrons. The molecule has 0 spiro atoms. The molecule has 2 rings (SSSR count). The van der Waals surface area contributed by atoms with Crippen LogP contribution >= 0.6 is 0 Å². The smallest absolute Gasteiger partial charge is 0.306 e. The summed E-state index contributed by atoms with van der Waals surface area (Å²) in [4.78, 5) is 23.1. The number of carbonyl (C=O) groups is 2. The third-order valence-electron chi connectivity index (χ3n) is 3.65. The van der Waals surface area contributed by atoms with Crippen LogP contribution in [0.1, 0.15) is 26.2 Å². The third kappa shape index (κ3) is 3.71. The highest BCUT2D eigenvalue weighted by Gasteiger charge is 2.34. The van der Waals surface area contributed by atoms with Crippen LogP contribution in [0.2, 0.25) is 0 Å². The fraction of sp³-hybridized carbons (Fsp3) is 0.467. The monoisotopic (exact) mass is 295 g/mol. The zero-order valence-corrected chi connectivity index (χ0v) is 11.8. The third-order valence-corrected chi connectivity index (χ3v) is 3.65. The number of aliphatic carboxylic acids is 1. The molecule has 1 aliphatic carbocycles. The zero-order valence-electron chi connectivity index (χ0n) is 11.8. The summed E-state index contributed by atoms with van der Waals surface area (Å²) in [5, 5.41) is 11.7. The predicted octanol–water partition coefficient (Wildman–Crippen LogP) is 2.66. The van der Waals surface area contributed by atoms with E-state index in [0.717, 1.165) is 0 Å². The summed E-state index contributed by atoms with van der Waals surface area (Å²) in [7, 11) is 0. The lowest BCUT2D eigenvalue weighted by molar-refractivity contribution is -0.141. The maximum Gasteiger partial charge on any atom is 0.306 e. The van der Waals surface area contributed by atoms with Crippen LogP contribution in [0.3, 0.4) is 0 Å². The Labute approximate surface area is 122 Å². The van der Waals surface area contributed by atoms with E-state index in [1.165, 1.54) is 18.2 Å². The zero-order chi connectivity index (χ0) is 15.4. The molecule has 2 atom stereocenters. The van der Waals surface area contributed by atoms with Gasteiger partial charge in [-0.25, -0.2) is 4.39 Å². The van der Waals surface area contributed by atoms with Crippen molar-refractivity contribution in [1.29, 1.82) is 0 Å². The van der Waals surface area contributed by atoms with E-state index < -0.39 is 17.7 Å². The molecule has 1 fully saturated rings. The van der Waals surface area contributed by atoms with Gasteiger partial charge in [-0.05, 0) is 38.3 Å². The van der Waals surface area contributed by atoms with Crippen molar-refractivity contribution >= 4 is 17.6 Å². The normalized spacial score (nSPS) is 21.0. The first-order valence-electron chi connectivity index (χ1n) is 6.97. The molecule has 1 aromatic rings. The number of benzene rings is 1. The van der Waals surface area contributed by atoms with Gasteiger partial charge in [0, 0.05) is 12.0 Å². The molecular formula is C15H18FNO4. The Kier molecular flexibility index (Phi) is 4.77. The van der Waals surface area contributed by atoms with Crippen LogP contribution in [0.4, 0.5) is 10.1 Å². The maximum atomic E-state index is 13.2. The van der Waals surface area contributed by atoms with Crippen LogP contribution in [-0.2, 0) is 9.59 Å². The first-order valence-corrected chi connectivity index (χ1v) is 6.97. The van der Waals surface area contributed by atoms with Crippen molar-refractivity contribution in [3.8, 4) is 5.75 Å². The lowest BCUT2D eigenvalue weighted by atomic mass is 10.0. The highest BCUT2D eigenvalue weighted by molar-refractivity contribution is 5.94. The number of carboxylic acids is 1. The molecule has 1 aliphatic rings. The van der Waals surface area contributed by atoms with E-state index in [2.05, 4.69) is 5.32 Å². The van der Waals surface area contributed by atoms with Crippen molar-refractivity contribution < 1.29 is 23.8 Å². The number of carboxylic acid groups (broad SMARTS) is 1. The van der Waals surface area contributed by atoms with Crippen LogP contribution < -0.4 is 10.1 Å². The van der Waals surface area contributed by atoms with E-state index in [4.69, 9.17) is 9.84 Å². The maximum absolute atomic E-state index is 13.2. The summed E-state index contributed by atoms with van der Waals surface area (Å²) in [6.45, 7) is 2.13. The fourth-order valence-corrected chi connectivity index (χ4v) is 2.55. The van der Waals surface area contributed by atoms with Gasteiger partial charge in [0.25, 0.3) is 0 Å². The number of rotatable bonds is 5. The van der Waals surface area contributed by atoms with Gasteiger partial charge in [0.1, 0.15) is 11.6 Å². The Balaban J connectivity index is 2.05. The number of hydrogen-bond acceptors (Lipinski definition) is 3. The molecule has 0 heterocycles. The summed E-state index contributed by atoms with van der Waals surface area (Å²) in [5.74, 6) is -2.05. The Hall–Kier alpha value is -2.11. The SMILES string of the molecule is CCOc1cc(F)ccc1NC(=O)[C@@H]1CC[C@H](C(=O)O)C1. The van der Waals surface area contributed by atoms with Gasteiger partial charge in [-0.15, -0.1) is 0 Å². The second-order valence-corrected chi connectivity index (χ2v) is 5.11. The van der Waals surface area contributed by atoms with Gasteiger partial charge < -0.3 is 15.2 Å². The second-order valence-electron chi connectivity index (χ2n) is 5.11. The Morgan fingerprint density at radius 1 is 1.38 bits per heavy atom. The molecule has 1 aromatic carbocycles. The van der Waals surface area contributed by atoms with Gasteiger partial charge in [0.15, 0.2) is 0 Å². The van der Waals surface area contributed by atoms with Crippen LogP contribution in [0.15, 0.2) is 18.2 Å². The van der Waals surface area contributed by atoms with Gasteiger partial charge in [0.05, 0.1) is 18.2 Å². The molecule has 1 saturated carbocycles. The Morgan fingerprint density at radius 2 is 2.10 bits per heavy atom. The summed E-state index contributed by atoms with van der Waals surface area (Å²) in [6.07, 6.45) is 1.40. The largest absolute Gasteiger partial charge is 0.492 e. The Morgan fingerprint density at radius 3 is 2.71 bits per heavy atom. The minimum absolute atomic E-state index is 0.244. The number of ether oxygens (including phenoxy) is 1. The van der Waals surface area contributed by atoms with Gasteiger partial charge >= 0.3 is 5.97 Å². The minimum atomic E-state index is -0.859. The van der Waals surface area contributed by atoms with E-state index in [1.54, 1.807) is 6.92 Å². The predicted molar refractivity (Wildman–Crippen MR) is 74.7 cm³/mol. The summed E-state index contributed by atoms with van der Waals surface area (Å²) in [6, 6.07) is 3.91. The lowest BCUT2D eigenvalue weighted by Gasteiger charge is -2.14. The number of halogens is 1. The van der Waals surface area contributed by atoms with Crippen molar-refractivity contribution in [2.24, 2.45) is 11.8 Å². The van der Waals surface area contributed by atoms with Gasteiger partial charge in [0.2, 0.25) is 5.91 Å². The van der Waals surface area contributed by atoms with Gasteiger partial charge in [-0.1, -0.05) is 0 Å². The molecule has 6 heteroatoms. The topological polar surface area (TPSA) is 75.6 Å². The summed E-state index contributed by atoms with van der Waals surface area (Å²) < 4.78 is 18.5. The van der Waals surface area contributed by atoms with Crippen LogP contribution in [0.25, 0.3) is 0 Å². The van der Waals surface area contributed by atoms with Crippen LogP contribution in [0, 0.1) is 17.7 Å². The first-order chi connectivity index (χ1) is 10.0. The molecule has 0 saturated heterocycles. The fourth-order valence-electron chi connectivity index (χ4n) is 2.55. The molecule has 0 unspecified atom stereocenters. The van der Waals surface area contributed by atoms with Crippen LogP contribution in [-0.4, -0.2) is 23.6 Å². The van der Waals surface area contributed by atoms with Crippen molar-refractivity contribution in [2.75, 3.05) is 11.9 Å². The lowest BCUT2D eigenvalue weighted by Crippen LogP contribution is -2.22. The molecule has 5 nitrogen and oxygen atoms in total. The Bertz CT molecular complexity index is 546. The second kappa shape index (κ2) is 6.56. The van der Waals surface area contributed by atoms with Crippen molar-refractivity contribution in [2.45, 2.75) is 26.2 Å². The number of hydrogen-bond donors (Lipinski definition) is 2. The van der Waals surface area contributed by atoms with E-state index in [-0.39, 0.29) is 17.6 Å². The quantitative estimate of drug-likeness (QED) is 0.875. The van der Waals surface area contributed by atoms with Crippen molar-refractivity contribution in [1.82, 2.24) is 0 Å². The molecular weight excluding hydrogens is 277 g/mol. The van der Waals surface area contributed by atoms with Crippen LogP contribution in [0.5, 0.6) is 5.75 Å². The standard InChI is InChI=1S/C15H18FNO4/c1-2-21-13-8-11(16)5-6-12(13)17-14(18)9-3-4-10(7-9)15(19)20/h5-6,8-10H,2-4,7H2,1H3,(H,17,18)(H,19,20)/t9-,10+/m1/s1. The summed E-state index contributed by atoms with van der Waals surface area (Å²) >= 11 is 0. The van der Waals surface area contributed by atoms with E-state index in [9.17, 15) is 14.0 Å². The number of amides is 1. The number of nitrogens with one attached hydrogen (secondary N) is 1. The molecule has 0 aromatic heterocycles. The highest BCUT2D eigenvalue weighted by atomic mass is 19.1. The van der Waals surface area contributed by atoms with E-state index >= 15 is 0 Å². The van der Waals surface area contributed by atoms with Gasteiger partial charge in [-0.3, -0.25) is 9.59 Å². The molecule has 0 aliphatic heterocycles. The average molecular weight is 295 g/mol. The van der Waals surface area contributed by atoms with Crippen molar-refractivity contribution in [3.63, 3.8) is 0 Å². The molecule has 0 bridgehead atoms. The molecule has 1 amide bonds. The first kappa shape index (κ1) is 15.3.